The SMILES string of the molecule is CN(C(=O)/C(C#N)=C\Nc1cccc(C(F)(F)F)c1)C1CCCCC1. The molecule has 0 atom stereocenters. The zero-order chi connectivity index (χ0) is 18.4. The Morgan fingerprint density at radius 2 is 2.00 bits per heavy atom. The minimum absolute atomic E-state index is 0.103. The number of nitriles is 1. The maximum Gasteiger partial charge on any atom is 0.416 e. The Labute approximate surface area is 144 Å². The highest BCUT2D eigenvalue weighted by molar-refractivity contribution is 5.97. The molecule has 134 valence electrons. The number of nitrogens with zero attached hydrogens (tertiary/aromatic N) is 2. The van der Waals surface area contributed by atoms with Crippen molar-refractivity contribution in [2.45, 2.75) is 44.3 Å². The number of likely N-dealkylation sites (N-methyl/N-ethyl adjacent to an activating group) is 1. The fourth-order valence-electron chi connectivity index (χ4n) is 2.91. The van der Waals surface area contributed by atoms with Crippen molar-refractivity contribution in [1.82, 2.24) is 4.90 Å². The smallest absolute Gasteiger partial charge is 0.360 e. The zero-order valence-corrected chi connectivity index (χ0v) is 13.9. The molecule has 25 heavy (non-hydrogen) atoms. The summed E-state index contributed by atoms with van der Waals surface area (Å²) in [5.41, 5.74) is -0.767. The number of alkyl halides is 3. The fraction of sp³-hybridized carbons (Fsp3) is 0.444. The van der Waals surface area contributed by atoms with Crippen LogP contribution < -0.4 is 5.32 Å². The van der Waals surface area contributed by atoms with Gasteiger partial charge in [-0.25, -0.2) is 0 Å². The molecule has 0 heterocycles. The van der Waals surface area contributed by atoms with Gasteiger partial charge in [-0.1, -0.05) is 25.3 Å². The van der Waals surface area contributed by atoms with E-state index in [0.29, 0.717) is 0 Å². The third-order valence-electron chi connectivity index (χ3n) is 4.37. The van der Waals surface area contributed by atoms with E-state index in [2.05, 4.69) is 5.32 Å². The van der Waals surface area contributed by atoms with Crippen LogP contribution in [0.5, 0.6) is 0 Å². The average Bonchev–Trinajstić information content (AvgIpc) is 2.61. The van der Waals surface area contributed by atoms with E-state index in [1.165, 1.54) is 12.1 Å². The van der Waals surface area contributed by atoms with Crippen molar-refractivity contribution in [2.24, 2.45) is 0 Å². The number of carbonyl (C=O) groups is 1. The summed E-state index contributed by atoms with van der Waals surface area (Å²) in [6.07, 6.45) is 1.78. The van der Waals surface area contributed by atoms with Crippen molar-refractivity contribution >= 4 is 11.6 Å². The first kappa shape index (κ1) is 18.8. The van der Waals surface area contributed by atoms with E-state index in [-0.39, 0.29) is 17.3 Å². The lowest BCUT2D eigenvalue weighted by atomic mass is 9.94. The van der Waals surface area contributed by atoms with Crippen LogP contribution in [0.25, 0.3) is 0 Å². The van der Waals surface area contributed by atoms with Crippen LogP contribution in [0.3, 0.4) is 0 Å². The lowest BCUT2D eigenvalue weighted by Gasteiger charge is -2.31. The molecule has 1 amide bonds. The molecule has 1 aromatic rings. The molecule has 0 aliphatic heterocycles. The van der Waals surface area contributed by atoms with E-state index in [1.54, 1.807) is 11.9 Å². The number of hydrogen-bond acceptors (Lipinski definition) is 3. The monoisotopic (exact) mass is 351 g/mol. The average molecular weight is 351 g/mol. The van der Waals surface area contributed by atoms with Gasteiger partial charge in [0.05, 0.1) is 5.56 Å². The molecule has 1 N–H and O–H groups in total. The van der Waals surface area contributed by atoms with Gasteiger partial charge in [0.1, 0.15) is 11.6 Å². The number of nitrogens with one attached hydrogen (secondary N) is 1. The Morgan fingerprint density at radius 3 is 2.60 bits per heavy atom. The maximum absolute atomic E-state index is 12.7. The van der Waals surface area contributed by atoms with Gasteiger partial charge in [0, 0.05) is 25.0 Å². The molecule has 0 spiro atoms. The lowest BCUT2D eigenvalue weighted by Crippen LogP contribution is -2.39. The molecule has 0 aromatic heterocycles. The summed E-state index contributed by atoms with van der Waals surface area (Å²) in [5, 5.41) is 11.8. The Balaban J connectivity index is 2.09. The van der Waals surface area contributed by atoms with E-state index < -0.39 is 17.6 Å². The molecule has 0 unspecified atom stereocenters. The molecule has 1 saturated carbocycles. The Kier molecular flexibility index (Phi) is 6.07. The number of rotatable bonds is 4. The van der Waals surface area contributed by atoms with Crippen LogP contribution in [0, 0.1) is 11.3 Å². The number of amides is 1. The molecule has 1 aromatic carbocycles. The predicted molar refractivity (Wildman–Crippen MR) is 88.4 cm³/mol. The highest BCUT2D eigenvalue weighted by atomic mass is 19.4. The van der Waals surface area contributed by atoms with Gasteiger partial charge in [-0.3, -0.25) is 4.79 Å². The first-order valence-electron chi connectivity index (χ1n) is 8.14. The largest absolute Gasteiger partial charge is 0.416 e. The molecule has 0 saturated heterocycles. The van der Waals surface area contributed by atoms with Crippen molar-refractivity contribution in [3.8, 4) is 6.07 Å². The fourth-order valence-corrected chi connectivity index (χ4v) is 2.91. The number of hydrogen-bond donors (Lipinski definition) is 1. The van der Waals surface area contributed by atoms with E-state index in [9.17, 15) is 23.2 Å². The molecule has 0 radical (unpaired) electrons. The standard InChI is InChI=1S/C18H20F3N3O/c1-24(16-8-3-2-4-9-16)17(25)13(11-22)12-23-15-7-5-6-14(10-15)18(19,20)21/h5-7,10,12,16,23H,2-4,8-9H2,1H3/b13-12-. The minimum Gasteiger partial charge on any atom is -0.360 e. The summed E-state index contributed by atoms with van der Waals surface area (Å²) in [6, 6.07) is 6.52. The molecule has 2 rings (SSSR count). The van der Waals surface area contributed by atoms with Gasteiger partial charge in [-0.2, -0.15) is 18.4 Å². The summed E-state index contributed by atoms with van der Waals surface area (Å²) in [4.78, 5) is 14.0. The number of carbonyl (C=O) groups excluding carboxylic acids is 1. The lowest BCUT2D eigenvalue weighted by molar-refractivity contribution is -0.137. The molecule has 7 heteroatoms. The van der Waals surface area contributed by atoms with Crippen molar-refractivity contribution in [3.63, 3.8) is 0 Å². The van der Waals surface area contributed by atoms with Crippen molar-refractivity contribution < 1.29 is 18.0 Å². The van der Waals surface area contributed by atoms with Crippen molar-refractivity contribution in [3.05, 3.63) is 41.6 Å². The topological polar surface area (TPSA) is 56.1 Å². The normalized spacial score (nSPS) is 16.2. The molecule has 1 fully saturated rings. The highest BCUT2D eigenvalue weighted by Crippen LogP contribution is 2.30. The predicted octanol–water partition coefficient (Wildman–Crippen LogP) is 4.32. The number of anilines is 1. The Hall–Kier alpha value is -2.49. The maximum atomic E-state index is 12.7. The van der Waals surface area contributed by atoms with Crippen LogP contribution in [-0.4, -0.2) is 23.9 Å². The highest BCUT2D eigenvalue weighted by Gasteiger charge is 2.30. The van der Waals surface area contributed by atoms with Gasteiger partial charge in [0.2, 0.25) is 0 Å². The minimum atomic E-state index is -4.45. The number of benzene rings is 1. The second kappa shape index (κ2) is 8.06. The van der Waals surface area contributed by atoms with Gasteiger partial charge in [-0.15, -0.1) is 0 Å². The van der Waals surface area contributed by atoms with Crippen LogP contribution in [-0.2, 0) is 11.0 Å². The van der Waals surface area contributed by atoms with E-state index in [4.69, 9.17) is 0 Å². The van der Waals surface area contributed by atoms with Gasteiger partial charge < -0.3 is 10.2 Å². The van der Waals surface area contributed by atoms with E-state index in [0.717, 1.165) is 50.4 Å². The summed E-state index contributed by atoms with van der Waals surface area (Å²) in [5.74, 6) is -0.422. The Morgan fingerprint density at radius 1 is 1.32 bits per heavy atom. The summed E-state index contributed by atoms with van der Waals surface area (Å²) in [6.45, 7) is 0. The van der Waals surface area contributed by atoms with E-state index >= 15 is 0 Å². The molecule has 0 bridgehead atoms. The van der Waals surface area contributed by atoms with Crippen LogP contribution in [0.15, 0.2) is 36.0 Å². The summed E-state index contributed by atoms with van der Waals surface area (Å²) >= 11 is 0. The van der Waals surface area contributed by atoms with Crippen LogP contribution in [0.4, 0.5) is 18.9 Å². The quantitative estimate of drug-likeness (QED) is 0.649. The van der Waals surface area contributed by atoms with Gasteiger partial charge >= 0.3 is 6.18 Å². The summed E-state index contributed by atoms with van der Waals surface area (Å²) in [7, 11) is 1.66. The van der Waals surface area contributed by atoms with Gasteiger partial charge in [0.25, 0.3) is 5.91 Å². The molecular formula is C18H20F3N3O. The Bertz CT molecular complexity index is 686. The summed E-state index contributed by atoms with van der Waals surface area (Å²) < 4.78 is 38.1. The second-order valence-electron chi connectivity index (χ2n) is 6.10. The zero-order valence-electron chi connectivity index (χ0n) is 13.9. The molecule has 1 aliphatic rings. The van der Waals surface area contributed by atoms with Crippen LogP contribution in [0.1, 0.15) is 37.7 Å². The number of halogens is 3. The van der Waals surface area contributed by atoms with Crippen molar-refractivity contribution in [2.75, 3.05) is 12.4 Å². The third-order valence-corrected chi connectivity index (χ3v) is 4.37. The first-order chi connectivity index (χ1) is 11.8. The van der Waals surface area contributed by atoms with Gasteiger partial charge in [0.15, 0.2) is 0 Å². The van der Waals surface area contributed by atoms with Crippen LogP contribution in [0.2, 0.25) is 0 Å². The van der Waals surface area contributed by atoms with Crippen molar-refractivity contribution in [1.29, 1.82) is 5.26 Å². The third kappa shape index (κ3) is 4.99. The molecular weight excluding hydrogens is 331 g/mol. The van der Waals surface area contributed by atoms with Crippen LogP contribution >= 0.6 is 0 Å². The first-order valence-corrected chi connectivity index (χ1v) is 8.14. The van der Waals surface area contributed by atoms with Gasteiger partial charge in [-0.05, 0) is 31.0 Å². The molecule has 4 nitrogen and oxygen atoms in total. The second-order valence-corrected chi connectivity index (χ2v) is 6.10. The molecule has 1 aliphatic carbocycles. The van der Waals surface area contributed by atoms with E-state index in [1.807, 2.05) is 6.07 Å².